The first kappa shape index (κ1) is 13.7. The lowest BCUT2D eigenvalue weighted by molar-refractivity contribution is -0.143. The van der Waals surface area contributed by atoms with Crippen molar-refractivity contribution in [3.05, 3.63) is 28.7 Å². The van der Waals surface area contributed by atoms with E-state index >= 15 is 0 Å². The number of rotatable bonds is 4. The van der Waals surface area contributed by atoms with Crippen molar-refractivity contribution in [2.75, 3.05) is 11.9 Å². The van der Waals surface area contributed by atoms with E-state index in [9.17, 15) is 9.59 Å². The van der Waals surface area contributed by atoms with Gasteiger partial charge in [0.05, 0.1) is 5.92 Å². The first-order valence-electron chi connectivity index (χ1n) is 5.16. The van der Waals surface area contributed by atoms with E-state index in [0.717, 1.165) is 10.2 Å². The molecule has 0 saturated heterocycles. The Bertz CT molecular complexity index is 434. The number of benzene rings is 1. The fourth-order valence-corrected chi connectivity index (χ4v) is 1.70. The van der Waals surface area contributed by atoms with Crippen LogP contribution >= 0.6 is 15.9 Å². The lowest BCUT2D eigenvalue weighted by atomic mass is 10.1. The molecule has 0 fully saturated rings. The van der Waals surface area contributed by atoms with Crippen LogP contribution in [-0.2, 0) is 9.59 Å². The van der Waals surface area contributed by atoms with Crippen molar-refractivity contribution in [3.63, 3.8) is 0 Å². The number of aliphatic carboxylic acids is 1. The first-order chi connectivity index (χ1) is 7.91. The maximum atomic E-state index is 11.8. The lowest BCUT2D eigenvalue weighted by Crippen LogP contribution is -2.29. The highest BCUT2D eigenvalue weighted by Gasteiger charge is 2.19. The largest absolute Gasteiger partial charge is 0.481 e. The van der Waals surface area contributed by atoms with Gasteiger partial charge in [0.2, 0.25) is 5.91 Å². The maximum absolute atomic E-state index is 11.8. The SMILES string of the molecule is CC(CC(=O)N(C)c1cccc(Br)c1)C(=O)O. The zero-order chi connectivity index (χ0) is 13.0. The number of carbonyl (C=O) groups excluding carboxylic acids is 1. The predicted molar refractivity (Wildman–Crippen MR) is 69.0 cm³/mol. The van der Waals surface area contributed by atoms with Crippen molar-refractivity contribution < 1.29 is 14.7 Å². The van der Waals surface area contributed by atoms with E-state index in [1.54, 1.807) is 13.1 Å². The number of nitrogens with zero attached hydrogens (tertiary/aromatic N) is 1. The third-order valence-corrected chi connectivity index (χ3v) is 2.97. The molecular weight excluding hydrogens is 286 g/mol. The summed E-state index contributed by atoms with van der Waals surface area (Å²) in [7, 11) is 1.64. The molecule has 5 heteroatoms. The molecule has 0 aliphatic carbocycles. The summed E-state index contributed by atoms with van der Waals surface area (Å²) in [4.78, 5) is 23.9. The number of carboxylic acids is 1. The minimum Gasteiger partial charge on any atom is -0.481 e. The van der Waals surface area contributed by atoms with Crippen molar-refractivity contribution in [3.8, 4) is 0 Å². The molecule has 1 unspecified atom stereocenters. The highest BCUT2D eigenvalue weighted by atomic mass is 79.9. The third-order valence-electron chi connectivity index (χ3n) is 2.47. The van der Waals surface area contributed by atoms with E-state index in [1.807, 2.05) is 18.2 Å². The Morgan fingerprint density at radius 1 is 1.47 bits per heavy atom. The Morgan fingerprint density at radius 3 is 2.65 bits per heavy atom. The second-order valence-corrected chi connectivity index (χ2v) is 4.79. The van der Waals surface area contributed by atoms with E-state index in [2.05, 4.69) is 15.9 Å². The van der Waals surface area contributed by atoms with Gasteiger partial charge in [-0.2, -0.15) is 0 Å². The van der Waals surface area contributed by atoms with Crippen LogP contribution in [-0.4, -0.2) is 24.0 Å². The Hall–Kier alpha value is -1.36. The van der Waals surface area contributed by atoms with E-state index in [-0.39, 0.29) is 12.3 Å². The smallest absolute Gasteiger partial charge is 0.306 e. The highest BCUT2D eigenvalue weighted by Crippen LogP contribution is 2.20. The number of anilines is 1. The minimum absolute atomic E-state index is 0.00164. The zero-order valence-corrected chi connectivity index (χ0v) is 11.3. The predicted octanol–water partition coefficient (Wildman–Crippen LogP) is 2.52. The van der Waals surface area contributed by atoms with E-state index < -0.39 is 11.9 Å². The summed E-state index contributed by atoms with van der Waals surface area (Å²) in [6, 6.07) is 7.29. The number of halogens is 1. The van der Waals surface area contributed by atoms with Gasteiger partial charge in [0.1, 0.15) is 0 Å². The Labute approximate surface area is 108 Å². The summed E-state index contributed by atoms with van der Waals surface area (Å²) < 4.78 is 0.876. The second kappa shape index (κ2) is 5.82. The van der Waals surface area contributed by atoms with Crippen LogP contribution in [0.1, 0.15) is 13.3 Å². The van der Waals surface area contributed by atoms with Gasteiger partial charge in [0.15, 0.2) is 0 Å². The fourth-order valence-electron chi connectivity index (χ4n) is 1.31. The third kappa shape index (κ3) is 3.85. The summed E-state index contributed by atoms with van der Waals surface area (Å²) in [5, 5.41) is 8.75. The van der Waals surface area contributed by atoms with Crippen LogP contribution in [0.15, 0.2) is 28.7 Å². The topological polar surface area (TPSA) is 57.6 Å². The number of carboxylic acid groups (broad SMARTS) is 1. The van der Waals surface area contributed by atoms with Crippen molar-refractivity contribution in [2.24, 2.45) is 5.92 Å². The Morgan fingerprint density at radius 2 is 2.12 bits per heavy atom. The minimum atomic E-state index is -0.957. The van der Waals surface area contributed by atoms with E-state index in [4.69, 9.17) is 5.11 Å². The molecule has 0 aromatic heterocycles. The lowest BCUT2D eigenvalue weighted by Gasteiger charge is -2.18. The molecular formula is C12H14BrNO3. The molecule has 4 nitrogen and oxygen atoms in total. The van der Waals surface area contributed by atoms with Gasteiger partial charge in [-0.05, 0) is 18.2 Å². The van der Waals surface area contributed by atoms with Gasteiger partial charge in [0.25, 0.3) is 0 Å². The fraction of sp³-hybridized carbons (Fsp3) is 0.333. The van der Waals surface area contributed by atoms with Gasteiger partial charge >= 0.3 is 5.97 Å². The van der Waals surface area contributed by atoms with Crippen LogP contribution in [0.25, 0.3) is 0 Å². The molecule has 92 valence electrons. The quantitative estimate of drug-likeness (QED) is 0.929. The van der Waals surface area contributed by atoms with E-state index in [1.165, 1.54) is 11.8 Å². The first-order valence-corrected chi connectivity index (χ1v) is 5.96. The summed E-state index contributed by atoms with van der Waals surface area (Å²) in [6.45, 7) is 1.52. The molecule has 0 bridgehead atoms. The van der Waals surface area contributed by atoms with Gasteiger partial charge in [-0.1, -0.05) is 28.9 Å². The number of amides is 1. The molecule has 17 heavy (non-hydrogen) atoms. The van der Waals surface area contributed by atoms with Crippen molar-refractivity contribution in [1.29, 1.82) is 0 Å². The van der Waals surface area contributed by atoms with Crippen LogP contribution in [0.2, 0.25) is 0 Å². The molecule has 1 aromatic rings. The molecule has 1 amide bonds. The van der Waals surface area contributed by atoms with Crippen molar-refractivity contribution >= 4 is 33.5 Å². The molecule has 1 aromatic carbocycles. The van der Waals surface area contributed by atoms with Crippen molar-refractivity contribution in [1.82, 2.24) is 0 Å². The second-order valence-electron chi connectivity index (χ2n) is 3.88. The van der Waals surface area contributed by atoms with Gasteiger partial charge in [0, 0.05) is 23.6 Å². The normalized spacial score (nSPS) is 11.9. The number of carbonyl (C=O) groups is 2. The monoisotopic (exact) mass is 299 g/mol. The van der Waals surface area contributed by atoms with Crippen molar-refractivity contribution in [2.45, 2.75) is 13.3 Å². The standard InChI is InChI=1S/C12H14BrNO3/c1-8(12(16)17)6-11(15)14(2)10-5-3-4-9(13)7-10/h3-5,7-8H,6H2,1-2H3,(H,16,17). The average Bonchev–Trinajstić information content (AvgIpc) is 2.27. The Balaban J connectivity index is 2.73. The summed E-state index contributed by atoms with van der Waals surface area (Å²) in [6.07, 6.45) is -0.00164. The van der Waals surface area contributed by atoms with Crippen LogP contribution in [0.4, 0.5) is 5.69 Å². The van der Waals surface area contributed by atoms with Crippen LogP contribution < -0.4 is 4.90 Å². The molecule has 0 aliphatic heterocycles. The molecule has 0 heterocycles. The van der Waals surface area contributed by atoms with Gasteiger partial charge in [-0.15, -0.1) is 0 Å². The highest BCUT2D eigenvalue weighted by molar-refractivity contribution is 9.10. The Kier molecular flexibility index (Phi) is 4.69. The molecule has 1 atom stereocenters. The van der Waals surface area contributed by atoms with E-state index in [0.29, 0.717) is 0 Å². The summed E-state index contributed by atoms with van der Waals surface area (Å²) in [5.41, 5.74) is 0.738. The summed E-state index contributed by atoms with van der Waals surface area (Å²) in [5.74, 6) is -1.84. The summed E-state index contributed by atoms with van der Waals surface area (Å²) >= 11 is 3.32. The van der Waals surface area contributed by atoms with Gasteiger partial charge < -0.3 is 10.0 Å². The average molecular weight is 300 g/mol. The molecule has 0 saturated carbocycles. The molecule has 1 N–H and O–H groups in total. The molecule has 0 aliphatic rings. The van der Waals surface area contributed by atoms with Crippen LogP contribution in [0.5, 0.6) is 0 Å². The zero-order valence-electron chi connectivity index (χ0n) is 9.68. The molecule has 0 spiro atoms. The molecule has 1 rings (SSSR count). The van der Waals surface area contributed by atoms with Gasteiger partial charge in [-0.3, -0.25) is 9.59 Å². The van der Waals surface area contributed by atoms with Crippen LogP contribution in [0.3, 0.4) is 0 Å². The maximum Gasteiger partial charge on any atom is 0.306 e. The van der Waals surface area contributed by atoms with Crippen LogP contribution in [0, 0.1) is 5.92 Å². The molecule has 0 radical (unpaired) electrons. The van der Waals surface area contributed by atoms with Gasteiger partial charge in [-0.25, -0.2) is 0 Å². The number of hydrogen-bond donors (Lipinski definition) is 1. The number of hydrogen-bond acceptors (Lipinski definition) is 2.